The van der Waals surface area contributed by atoms with E-state index in [1.165, 1.54) is 6.92 Å². The summed E-state index contributed by atoms with van der Waals surface area (Å²) in [6.07, 6.45) is 4.72. The number of carbonyl (C=O) groups is 2. The molecule has 0 radical (unpaired) electrons. The van der Waals surface area contributed by atoms with E-state index in [0.717, 1.165) is 36.8 Å². The van der Waals surface area contributed by atoms with Crippen molar-refractivity contribution >= 4 is 33.2 Å². The van der Waals surface area contributed by atoms with Gasteiger partial charge in [0.05, 0.1) is 4.90 Å². The van der Waals surface area contributed by atoms with Crippen LogP contribution in [0.15, 0.2) is 47.4 Å². The summed E-state index contributed by atoms with van der Waals surface area (Å²) in [5.41, 5.74) is 3.08. The molecule has 2 amide bonds. The quantitative estimate of drug-likeness (QED) is 0.655. The van der Waals surface area contributed by atoms with Crippen LogP contribution in [0.3, 0.4) is 0 Å². The predicted molar refractivity (Wildman–Crippen MR) is 126 cm³/mol. The molecule has 3 rings (SSSR count). The van der Waals surface area contributed by atoms with Crippen molar-refractivity contribution in [2.24, 2.45) is 0 Å². The Labute approximate surface area is 190 Å². The first-order valence-electron chi connectivity index (χ1n) is 11.0. The average Bonchev–Trinajstić information content (AvgIpc) is 3.05. The Morgan fingerprint density at radius 1 is 0.938 bits per heavy atom. The third kappa shape index (κ3) is 6.40. The van der Waals surface area contributed by atoms with Crippen molar-refractivity contribution in [2.45, 2.75) is 57.3 Å². The molecule has 0 aliphatic carbocycles. The second-order valence-corrected chi connectivity index (χ2v) is 10.2. The van der Waals surface area contributed by atoms with Crippen LogP contribution in [0.5, 0.6) is 0 Å². The molecule has 2 N–H and O–H groups in total. The first-order valence-corrected chi connectivity index (χ1v) is 12.5. The third-order valence-electron chi connectivity index (χ3n) is 5.60. The number of anilines is 2. The highest BCUT2D eigenvalue weighted by Crippen LogP contribution is 2.22. The van der Waals surface area contributed by atoms with Gasteiger partial charge < -0.3 is 10.6 Å². The maximum atomic E-state index is 12.9. The molecule has 1 saturated heterocycles. The summed E-state index contributed by atoms with van der Waals surface area (Å²) in [5.74, 6) is -0.318. The van der Waals surface area contributed by atoms with Crippen LogP contribution >= 0.6 is 0 Å². The fraction of sp³-hybridized carbons (Fsp3) is 0.417. The van der Waals surface area contributed by atoms with E-state index in [1.807, 2.05) is 13.0 Å². The van der Waals surface area contributed by atoms with Crippen LogP contribution in [-0.2, 0) is 26.0 Å². The molecule has 0 aromatic heterocycles. The number of carbonyl (C=O) groups excluding carboxylic acids is 2. The molecule has 8 heteroatoms. The minimum atomic E-state index is -3.47. The Hall–Kier alpha value is -2.71. The van der Waals surface area contributed by atoms with Gasteiger partial charge in [0, 0.05) is 37.8 Å². The molecule has 1 aliphatic heterocycles. The average molecular weight is 458 g/mol. The number of sulfonamides is 1. The van der Waals surface area contributed by atoms with Crippen LogP contribution in [0.1, 0.15) is 50.2 Å². The van der Waals surface area contributed by atoms with Gasteiger partial charge in [0.1, 0.15) is 0 Å². The molecule has 1 aliphatic rings. The van der Waals surface area contributed by atoms with Crippen LogP contribution in [0, 0.1) is 6.92 Å². The summed E-state index contributed by atoms with van der Waals surface area (Å²) in [5, 5.41) is 5.59. The molecule has 0 atom stereocenters. The molecule has 32 heavy (non-hydrogen) atoms. The lowest BCUT2D eigenvalue weighted by Gasteiger charge is -2.20. The summed E-state index contributed by atoms with van der Waals surface area (Å²) in [4.78, 5) is 24.0. The van der Waals surface area contributed by atoms with Crippen LogP contribution in [0.4, 0.5) is 11.4 Å². The van der Waals surface area contributed by atoms with E-state index >= 15 is 0 Å². The smallest absolute Gasteiger partial charge is 0.243 e. The Morgan fingerprint density at radius 3 is 2.22 bits per heavy atom. The number of hydrogen-bond donors (Lipinski definition) is 2. The SMILES string of the molecule is CC(=O)Nc1ccc(C)c(NC(=O)CCc2ccc(S(=O)(=O)N3CCCCCC3)cc2)c1. The van der Waals surface area contributed by atoms with Gasteiger partial charge in [-0.25, -0.2) is 8.42 Å². The molecule has 0 spiro atoms. The molecule has 0 unspecified atom stereocenters. The summed E-state index contributed by atoms with van der Waals surface area (Å²) in [6.45, 7) is 4.47. The zero-order chi connectivity index (χ0) is 23.1. The summed E-state index contributed by atoms with van der Waals surface area (Å²) in [6, 6.07) is 12.2. The first-order chi connectivity index (χ1) is 15.3. The maximum absolute atomic E-state index is 12.9. The lowest BCUT2D eigenvalue weighted by atomic mass is 10.1. The monoisotopic (exact) mass is 457 g/mol. The zero-order valence-corrected chi connectivity index (χ0v) is 19.5. The van der Waals surface area contributed by atoms with Crippen molar-refractivity contribution in [3.8, 4) is 0 Å². The van der Waals surface area contributed by atoms with Gasteiger partial charge in [-0.05, 0) is 61.6 Å². The molecule has 1 heterocycles. The topological polar surface area (TPSA) is 95.6 Å². The minimum absolute atomic E-state index is 0.144. The molecule has 7 nitrogen and oxygen atoms in total. The highest BCUT2D eigenvalue weighted by molar-refractivity contribution is 7.89. The number of benzene rings is 2. The largest absolute Gasteiger partial charge is 0.326 e. The van der Waals surface area contributed by atoms with Crippen LogP contribution in [0.2, 0.25) is 0 Å². The van der Waals surface area contributed by atoms with E-state index in [1.54, 1.807) is 40.7 Å². The number of amides is 2. The first kappa shape index (κ1) is 23.9. The standard InChI is InChI=1S/C24H31N3O4S/c1-18-7-11-21(25-19(2)28)17-23(18)26-24(29)14-10-20-8-12-22(13-9-20)32(30,31)27-15-5-3-4-6-16-27/h7-9,11-13,17H,3-6,10,14-16H2,1-2H3,(H,25,28)(H,26,29). The molecule has 0 bridgehead atoms. The maximum Gasteiger partial charge on any atom is 0.243 e. The Kier molecular flexibility index (Phi) is 8.04. The second kappa shape index (κ2) is 10.7. The Morgan fingerprint density at radius 2 is 1.59 bits per heavy atom. The van der Waals surface area contributed by atoms with Crippen molar-refractivity contribution in [2.75, 3.05) is 23.7 Å². The van der Waals surface area contributed by atoms with E-state index in [2.05, 4.69) is 10.6 Å². The van der Waals surface area contributed by atoms with Gasteiger partial charge in [0.25, 0.3) is 0 Å². The van der Waals surface area contributed by atoms with E-state index in [-0.39, 0.29) is 18.2 Å². The van der Waals surface area contributed by atoms with E-state index in [4.69, 9.17) is 0 Å². The fourth-order valence-corrected chi connectivity index (χ4v) is 5.28. The van der Waals surface area contributed by atoms with Gasteiger partial charge in [0.2, 0.25) is 21.8 Å². The molecule has 0 saturated carbocycles. The molecule has 1 fully saturated rings. The van der Waals surface area contributed by atoms with Crippen LogP contribution in [0.25, 0.3) is 0 Å². The van der Waals surface area contributed by atoms with Gasteiger partial charge >= 0.3 is 0 Å². The van der Waals surface area contributed by atoms with Gasteiger partial charge in [-0.3, -0.25) is 9.59 Å². The number of hydrogen-bond acceptors (Lipinski definition) is 4. The second-order valence-electron chi connectivity index (χ2n) is 8.22. The zero-order valence-electron chi connectivity index (χ0n) is 18.7. The fourth-order valence-electron chi connectivity index (χ4n) is 3.77. The van der Waals surface area contributed by atoms with Crippen molar-refractivity contribution in [3.05, 3.63) is 53.6 Å². The lowest BCUT2D eigenvalue weighted by molar-refractivity contribution is -0.116. The van der Waals surface area contributed by atoms with Crippen LogP contribution in [-0.4, -0.2) is 37.6 Å². The van der Waals surface area contributed by atoms with Crippen LogP contribution < -0.4 is 10.6 Å². The van der Waals surface area contributed by atoms with Gasteiger partial charge in [-0.1, -0.05) is 31.0 Å². The third-order valence-corrected chi connectivity index (χ3v) is 7.51. The van der Waals surface area contributed by atoms with Crippen molar-refractivity contribution < 1.29 is 18.0 Å². The van der Waals surface area contributed by atoms with E-state index < -0.39 is 10.0 Å². The van der Waals surface area contributed by atoms with Gasteiger partial charge in [0.15, 0.2) is 0 Å². The Balaban J connectivity index is 1.58. The number of nitrogens with one attached hydrogen (secondary N) is 2. The van der Waals surface area contributed by atoms with E-state index in [9.17, 15) is 18.0 Å². The number of nitrogens with zero attached hydrogens (tertiary/aromatic N) is 1. The number of aryl methyl sites for hydroxylation is 2. The normalized spacial score (nSPS) is 15.1. The molecular weight excluding hydrogens is 426 g/mol. The predicted octanol–water partition coefficient (Wildman–Crippen LogP) is 4.09. The lowest BCUT2D eigenvalue weighted by Crippen LogP contribution is -2.31. The molecule has 172 valence electrons. The van der Waals surface area contributed by atoms with E-state index in [0.29, 0.717) is 35.8 Å². The molecular formula is C24H31N3O4S. The van der Waals surface area contributed by atoms with Gasteiger partial charge in [-0.2, -0.15) is 4.31 Å². The summed E-state index contributed by atoms with van der Waals surface area (Å²) in [7, 11) is -3.47. The van der Waals surface area contributed by atoms with Crippen molar-refractivity contribution in [1.29, 1.82) is 0 Å². The summed E-state index contributed by atoms with van der Waals surface area (Å²) >= 11 is 0. The molecule has 2 aromatic carbocycles. The number of rotatable bonds is 7. The highest BCUT2D eigenvalue weighted by Gasteiger charge is 2.24. The minimum Gasteiger partial charge on any atom is -0.326 e. The summed E-state index contributed by atoms with van der Waals surface area (Å²) < 4.78 is 27.3. The Bertz CT molecular complexity index is 1060. The molecule has 2 aromatic rings. The van der Waals surface area contributed by atoms with Gasteiger partial charge in [-0.15, -0.1) is 0 Å². The highest BCUT2D eigenvalue weighted by atomic mass is 32.2. The van der Waals surface area contributed by atoms with Crippen molar-refractivity contribution in [1.82, 2.24) is 4.31 Å². The van der Waals surface area contributed by atoms with Crippen molar-refractivity contribution in [3.63, 3.8) is 0 Å².